The van der Waals surface area contributed by atoms with Crippen molar-refractivity contribution < 1.29 is 4.79 Å². The van der Waals surface area contributed by atoms with E-state index >= 15 is 0 Å². The molecule has 0 aliphatic carbocycles. The first-order valence-electron chi connectivity index (χ1n) is 5.87. The molecule has 0 heterocycles. The minimum atomic E-state index is 0.269. The molecule has 1 nitrogen and oxygen atoms in total. The van der Waals surface area contributed by atoms with Gasteiger partial charge in [0.25, 0.3) is 0 Å². The summed E-state index contributed by atoms with van der Waals surface area (Å²) >= 11 is 1.52. The second-order valence-electron chi connectivity index (χ2n) is 3.84. The van der Waals surface area contributed by atoms with Crippen LogP contribution in [-0.2, 0) is 4.79 Å². The molecule has 0 fully saturated rings. The summed E-state index contributed by atoms with van der Waals surface area (Å²) in [6, 6.07) is 0. The number of thioether (sulfide) groups is 1. The molecule has 84 valence electrons. The highest BCUT2D eigenvalue weighted by Crippen LogP contribution is 2.21. The Kier molecular flexibility index (Phi) is 9.58. The zero-order valence-electron chi connectivity index (χ0n) is 9.84. The van der Waals surface area contributed by atoms with Crippen LogP contribution in [0.3, 0.4) is 0 Å². The Labute approximate surface area is 93.0 Å². The minimum absolute atomic E-state index is 0.269. The van der Waals surface area contributed by atoms with E-state index in [0.29, 0.717) is 5.25 Å². The number of rotatable bonds is 8. The van der Waals surface area contributed by atoms with Crippen LogP contribution in [0.2, 0.25) is 0 Å². The van der Waals surface area contributed by atoms with Gasteiger partial charge >= 0.3 is 0 Å². The third-order valence-electron chi connectivity index (χ3n) is 2.42. The van der Waals surface area contributed by atoms with Gasteiger partial charge in [0, 0.05) is 12.2 Å². The Morgan fingerprint density at radius 2 is 1.79 bits per heavy atom. The van der Waals surface area contributed by atoms with Crippen LogP contribution in [0.25, 0.3) is 0 Å². The smallest absolute Gasteiger partial charge is 0.186 e. The van der Waals surface area contributed by atoms with Crippen LogP contribution < -0.4 is 0 Å². The van der Waals surface area contributed by atoms with Crippen molar-refractivity contribution in [1.82, 2.24) is 0 Å². The molecule has 0 aliphatic rings. The summed E-state index contributed by atoms with van der Waals surface area (Å²) in [5, 5.41) is 0.833. The van der Waals surface area contributed by atoms with Crippen LogP contribution in [0, 0.1) is 0 Å². The molecule has 0 saturated carbocycles. The van der Waals surface area contributed by atoms with Crippen molar-refractivity contribution in [2.75, 3.05) is 0 Å². The van der Waals surface area contributed by atoms with E-state index in [2.05, 4.69) is 13.8 Å². The van der Waals surface area contributed by atoms with E-state index in [-0.39, 0.29) is 5.12 Å². The van der Waals surface area contributed by atoms with E-state index in [0.717, 1.165) is 6.42 Å². The Balaban J connectivity index is 3.38. The van der Waals surface area contributed by atoms with Crippen LogP contribution in [0.1, 0.15) is 65.7 Å². The summed E-state index contributed by atoms with van der Waals surface area (Å²) in [6.07, 6.45) is 8.98. The summed E-state index contributed by atoms with van der Waals surface area (Å²) in [5.41, 5.74) is 0. The molecule has 1 unspecified atom stereocenters. The van der Waals surface area contributed by atoms with Gasteiger partial charge in [0.15, 0.2) is 5.12 Å². The lowest BCUT2D eigenvalue weighted by atomic mass is 10.1. The van der Waals surface area contributed by atoms with Crippen LogP contribution in [-0.4, -0.2) is 10.4 Å². The van der Waals surface area contributed by atoms with Gasteiger partial charge in [-0.15, -0.1) is 0 Å². The summed E-state index contributed by atoms with van der Waals surface area (Å²) in [5.74, 6) is 0. The molecule has 0 amide bonds. The maximum Gasteiger partial charge on any atom is 0.186 e. The first-order chi connectivity index (χ1) is 6.70. The first-order valence-corrected chi connectivity index (χ1v) is 6.75. The van der Waals surface area contributed by atoms with Gasteiger partial charge in [-0.3, -0.25) is 4.79 Å². The molecular formula is C12H24OS. The highest BCUT2D eigenvalue weighted by atomic mass is 32.2. The molecular weight excluding hydrogens is 192 g/mol. The van der Waals surface area contributed by atoms with E-state index in [1.165, 1.54) is 50.3 Å². The second-order valence-corrected chi connectivity index (χ2v) is 5.32. The number of unbranched alkanes of at least 4 members (excludes halogenated alkanes) is 4. The van der Waals surface area contributed by atoms with Crippen molar-refractivity contribution >= 4 is 16.9 Å². The largest absolute Gasteiger partial charge is 0.288 e. The van der Waals surface area contributed by atoms with Gasteiger partial charge in [-0.1, -0.05) is 57.7 Å². The Morgan fingerprint density at radius 3 is 2.29 bits per heavy atom. The number of hydrogen-bond donors (Lipinski definition) is 0. The Hall–Kier alpha value is 0.0200. The Morgan fingerprint density at radius 1 is 1.14 bits per heavy atom. The van der Waals surface area contributed by atoms with Gasteiger partial charge in [0.05, 0.1) is 0 Å². The molecule has 0 radical (unpaired) electrons. The van der Waals surface area contributed by atoms with Crippen molar-refractivity contribution in [3.63, 3.8) is 0 Å². The average Bonchev–Trinajstić information content (AvgIpc) is 2.15. The van der Waals surface area contributed by atoms with Gasteiger partial charge in [0.1, 0.15) is 0 Å². The third-order valence-corrected chi connectivity index (χ3v) is 3.65. The summed E-state index contributed by atoms with van der Waals surface area (Å²) in [6.45, 7) is 6.08. The number of hydrogen-bond acceptors (Lipinski definition) is 2. The molecule has 0 bridgehead atoms. The molecule has 14 heavy (non-hydrogen) atoms. The van der Waals surface area contributed by atoms with E-state index in [4.69, 9.17) is 0 Å². The average molecular weight is 216 g/mol. The SMILES string of the molecule is CCCCCCCC(CC)SC(C)=O. The second kappa shape index (κ2) is 9.57. The zero-order chi connectivity index (χ0) is 10.8. The maximum atomic E-state index is 10.9. The van der Waals surface area contributed by atoms with Gasteiger partial charge in [-0.05, 0) is 12.8 Å². The topological polar surface area (TPSA) is 17.1 Å². The predicted octanol–water partition coefficient (Wildman–Crippen LogP) is 4.41. The van der Waals surface area contributed by atoms with Crippen molar-refractivity contribution in [2.24, 2.45) is 0 Å². The predicted molar refractivity (Wildman–Crippen MR) is 65.7 cm³/mol. The molecule has 1 atom stereocenters. The third kappa shape index (κ3) is 8.61. The van der Waals surface area contributed by atoms with Crippen molar-refractivity contribution in [1.29, 1.82) is 0 Å². The fourth-order valence-electron chi connectivity index (χ4n) is 1.56. The van der Waals surface area contributed by atoms with E-state index in [9.17, 15) is 4.79 Å². The van der Waals surface area contributed by atoms with E-state index < -0.39 is 0 Å². The quantitative estimate of drug-likeness (QED) is 0.559. The van der Waals surface area contributed by atoms with Crippen molar-refractivity contribution in [3.8, 4) is 0 Å². The summed E-state index contributed by atoms with van der Waals surface area (Å²) in [4.78, 5) is 10.9. The lowest BCUT2D eigenvalue weighted by Crippen LogP contribution is -2.03. The van der Waals surface area contributed by atoms with Gasteiger partial charge < -0.3 is 0 Å². The number of carbonyl (C=O) groups is 1. The monoisotopic (exact) mass is 216 g/mol. The van der Waals surface area contributed by atoms with E-state index in [1.807, 2.05) is 0 Å². The molecule has 0 aromatic rings. The van der Waals surface area contributed by atoms with Gasteiger partial charge in [-0.25, -0.2) is 0 Å². The highest BCUT2D eigenvalue weighted by Gasteiger charge is 2.08. The van der Waals surface area contributed by atoms with Gasteiger partial charge in [0.2, 0.25) is 0 Å². The molecule has 0 N–H and O–H groups in total. The molecule has 0 aromatic carbocycles. The molecule has 0 aromatic heterocycles. The standard InChI is InChI=1S/C12H24OS/c1-4-6-7-8-9-10-12(5-2)14-11(3)13/h12H,4-10H2,1-3H3. The van der Waals surface area contributed by atoms with Crippen LogP contribution >= 0.6 is 11.8 Å². The molecule has 0 aliphatic heterocycles. The summed E-state index contributed by atoms with van der Waals surface area (Å²) < 4.78 is 0. The fourth-order valence-corrected chi connectivity index (χ4v) is 2.48. The van der Waals surface area contributed by atoms with Crippen molar-refractivity contribution in [2.45, 2.75) is 71.0 Å². The maximum absolute atomic E-state index is 10.9. The number of carbonyl (C=O) groups excluding carboxylic acids is 1. The lowest BCUT2D eigenvalue weighted by molar-refractivity contribution is -0.109. The minimum Gasteiger partial charge on any atom is -0.288 e. The van der Waals surface area contributed by atoms with Crippen LogP contribution in [0.4, 0.5) is 0 Å². The van der Waals surface area contributed by atoms with E-state index in [1.54, 1.807) is 6.92 Å². The lowest BCUT2D eigenvalue weighted by Gasteiger charge is -2.11. The Bertz CT molecular complexity index is 145. The first kappa shape index (κ1) is 14.0. The molecule has 0 spiro atoms. The fraction of sp³-hybridized carbons (Fsp3) is 0.917. The normalized spacial score (nSPS) is 12.8. The van der Waals surface area contributed by atoms with Crippen LogP contribution in [0.5, 0.6) is 0 Å². The summed E-state index contributed by atoms with van der Waals surface area (Å²) in [7, 11) is 0. The molecule has 2 heteroatoms. The van der Waals surface area contributed by atoms with Gasteiger partial charge in [-0.2, -0.15) is 0 Å². The zero-order valence-corrected chi connectivity index (χ0v) is 10.7. The van der Waals surface area contributed by atoms with Crippen LogP contribution in [0.15, 0.2) is 0 Å². The highest BCUT2D eigenvalue weighted by molar-refractivity contribution is 8.14. The molecule has 0 rings (SSSR count). The van der Waals surface area contributed by atoms with Crippen molar-refractivity contribution in [3.05, 3.63) is 0 Å². The molecule has 0 saturated heterocycles.